The van der Waals surface area contributed by atoms with Crippen molar-refractivity contribution < 1.29 is 14.3 Å². The van der Waals surface area contributed by atoms with E-state index in [1.165, 1.54) is 6.92 Å². The molecule has 0 aliphatic carbocycles. The monoisotopic (exact) mass is 335 g/mol. The third-order valence-electron chi connectivity index (χ3n) is 3.51. The summed E-state index contributed by atoms with van der Waals surface area (Å²) in [7, 11) is 1.68. The molecule has 2 aromatic rings. The third kappa shape index (κ3) is 5.41. The smallest absolute Gasteiger partial charge is 0.216 e. The zero-order valence-electron chi connectivity index (χ0n) is 13.5. The lowest BCUT2D eigenvalue weighted by molar-refractivity contribution is -0.118. The highest BCUT2D eigenvalue weighted by Gasteiger charge is 2.06. The van der Waals surface area contributed by atoms with Crippen LogP contribution in [-0.4, -0.2) is 32.8 Å². The summed E-state index contributed by atoms with van der Waals surface area (Å²) in [5, 5.41) is 5.68. The average Bonchev–Trinajstić information content (AvgIpc) is 2.51. The second-order valence-corrected chi connectivity index (χ2v) is 5.81. The summed E-state index contributed by atoms with van der Waals surface area (Å²) in [6, 6.07) is 9.87. The number of rotatable bonds is 8. The van der Waals surface area contributed by atoms with Crippen LogP contribution in [0.1, 0.15) is 18.9 Å². The molecule has 0 aromatic heterocycles. The maximum absolute atomic E-state index is 11.0. The van der Waals surface area contributed by atoms with E-state index in [0.29, 0.717) is 24.8 Å². The molecule has 124 valence electrons. The number of hydrogen-bond donors (Lipinski definition) is 1. The molecule has 1 amide bonds. The average molecular weight is 336 g/mol. The zero-order valence-corrected chi connectivity index (χ0v) is 14.3. The first-order valence-corrected chi connectivity index (χ1v) is 8.06. The second kappa shape index (κ2) is 8.75. The number of amides is 1. The predicted molar refractivity (Wildman–Crippen MR) is 93.3 cm³/mol. The molecule has 0 atom stereocenters. The second-order valence-electron chi connectivity index (χ2n) is 5.38. The number of fused-ring (bicyclic) bond motifs is 1. The van der Waals surface area contributed by atoms with Gasteiger partial charge in [0.05, 0.1) is 6.61 Å². The van der Waals surface area contributed by atoms with Crippen molar-refractivity contribution in [3.63, 3.8) is 0 Å². The van der Waals surface area contributed by atoms with Crippen LogP contribution >= 0.6 is 11.6 Å². The molecule has 0 heterocycles. The highest BCUT2D eigenvalue weighted by Crippen LogP contribution is 2.28. The van der Waals surface area contributed by atoms with Gasteiger partial charge in [0.25, 0.3) is 0 Å². The molecule has 0 bridgehead atoms. The highest BCUT2D eigenvalue weighted by molar-refractivity contribution is 6.31. The van der Waals surface area contributed by atoms with Crippen molar-refractivity contribution in [2.24, 2.45) is 0 Å². The minimum absolute atomic E-state index is 0.0292. The Hall–Kier alpha value is -1.78. The zero-order chi connectivity index (χ0) is 16.7. The number of carbonyl (C=O) groups excluding carboxylic acids is 1. The number of nitrogens with one attached hydrogen (secondary N) is 1. The summed E-state index contributed by atoms with van der Waals surface area (Å²) in [5.41, 5.74) is 1.10. The molecular weight excluding hydrogens is 314 g/mol. The van der Waals surface area contributed by atoms with Crippen molar-refractivity contribution in [1.29, 1.82) is 0 Å². The molecule has 0 spiro atoms. The fourth-order valence-electron chi connectivity index (χ4n) is 2.44. The van der Waals surface area contributed by atoms with Gasteiger partial charge in [0, 0.05) is 38.6 Å². The van der Waals surface area contributed by atoms with Gasteiger partial charge in [-0.25, -0.2) is 0 Å². The molecule has 0 saturated carbocycles. The van der Waals surface area contributed by atoms with E-state index >= 15 is 0 Å². The molecule has 5 heteroatoms. The summed E-state index contributed by atoms with van der Waals surface area (Å²) in [4.78, 5) is 11.0. The molecule has 0 unspecified atom stereocenters. The molecule has 2 rings (SSSR count). The van der Waals surface area contributed by atoms with Crippen LogP contribution in [0.15, 0.2) is 30.3 Å². The van der Waals surface area contributed by atoms with Gasteiger partial charge in [0.2, 0.25) is 5.91 Å². The topological polar surface area (TPSA) is 47.6 Å². The minimum Gasteiger partial charge on any atom is -0.493 e. The fourth-order valence-corrected chi connectivity index (χ4v) is 2.69. The normalized spacial score (nSPS) is 10.7. The van der Waals surface area contributed by atoms with Gasteiger partial charge >= 0.3 is 0 Å². The highest BCUT2D eigenvalue weighted by atomic mass is 35.5. The predicted octanol–water partition coefficient (Wildman–Crippen LogP) is 3.59. The summed E-state index contributed by atoms with van der Waals surface area (Å²) in [6.45, 7) is 3.41. The third-order valence-corrected chi connectivity index (χ3v) is 3.72. The quantitative estimate of drug-likeness (QED) is 0.750. The minimum atomic E-state index is -0.0292. The first-order chi connectivity index (χ1) is 11.1. The van der Waals surface area contributed by atoms with Crippen LogP contribution in [0.3, 0.4) is 0 Å². The number of halogens is 1. The van der Waals surface area contributed by atoms with Gasteiger partial charge in [-0.15, -0.1) is 0 Å². The van der Waals surface area contributed by atoms with Gasteiger partial charge in [-0.3, -0.25) is 4.79 Å². The Morgan fingerprint density at radius 2 is 2.04 bits per heavy atom. The van der Waals surface area contributed by atoms with Crippen LogP contribution in [0.5, 0.6) is 5.75 Å². The van der Waals surface area contributed by atoms with E-state index in [0.717, 1.165) is 34.9 Å². The van der Waals surface area contributed by atoms with Crippen LogP contribution < -0.4 is 10.1 Å². The van der Waals surface area contributed by atoms with E-state index in [4.69, 9.17) is 21.1 Å². The Morgan fingerprint density at radius 3 is 2.78 bits per heavy atom. The van der Waals surface area contributed by atoms with Gasteiger partial charge in [0.1, 0.15) is 5.75 Å². The molecule has 0 aliphatic heterocycles. The summed E-state index contributed by atoms with van der Waals surface area (Å²) in [5.74, 6) is 0.801. The number of methoxy groups -OCH3 is 1. The van der Waals surface area contributed by atoms with E-state index in [-0.39, 0.29) is 5.91 Å². The number of benzene rings is 2. The van der Waals surface area contributed by atoms with Crippen molar-refractivity contribution in [1.82, 2.24) is 5.32 Å². The number of ether oxygens (including phenoxy) is 2. The lowest BCUT2D eigenvalue weighted by atomic mass is 10.0. The van der Waals surface area contributed by atoms with Gasteiger partial charge < -0.3 is 14.8 Å². The summed E-state index contributed by atoms with van der Waals surface area (Å²) in [6.07, 6.45) is 1.58. The SMILES string of the molecule is COCCCOc1ccc2cc(Cl)cc(CCNC(C)=O)c2c1. The molecule has 0 radical (unpaired) electrons. The Bertz CT molecular complexity index is 673. The lowest BCUT2D eigenvalue weighted by Crippen LogP contribution is -2.22. The molecule has 2 aromatic carbocycles. The van der Waals surface area contributed by atoms with Gasteiger partial charge in [-0.2, -0.15) is 0 Å². The van der Waals surface area contributed by atoms with E-state index in [2.05, 4.69) is 5.32 Å². The van der Waals surface area contributed by atoms with E-state index in [1.54, 1.807) is 7.11 Å². The number of hydrogen-bond acceptors (Lipinski definition) is 3. The summed E-state index contributed by atoms with van der Waals surface area (Å²) < 4.78 is 10.8. The van der Waals surface area contributed by atoms with Gasteiger partial charge in [0.15, 0.2) is 0 Å². The van der Waals surface area contributed by atoms with Crippen LogP contribution in [-0.2, 0) is 16.0 Å². The summed E-state index contributed by atoms with van der Waals surface area (Å²) >= 11 is 6.19. The molecule has 0 saturated heterocycles. The van der Waals surface area contributed by atoms with Crippen LogP contribution in [0.25, 0.3) is 10.8 Å². The van der Waals surface area contributed by atoms with E-state index < -0.39 is 0 Å². The molecule has 1 N–H and O–H groups in total. The van der Waals surface area contributed by atoms with Crippen LogP contribution in [0.4, 0.5) is 0 Å². The van der Waals surface area contributed by atoms with E-state index in [1.807, 2.05) is 30.3 Å². The van der Waals surface area contributed by atoms with Crippen molar-refractivity contribution in [2.45, 2.75) is 19.8 Å². The molecule has 4 nitrogen and oxygen atoms in total. The van der Waals surface area contributed by atoms with Crippen molar-refractivity contribution in [2.75, 3.05) is 26.9 Å². The van der Waals surface area contributed by atoms with E-state index in [9.17, 15) is 4.79 Å². The van der Waals surface area contributed by atoms with Crippen LogP contribution in [0.2, 0.25) is 5.02 Å². The first kappa shape index (κ1) is 17.6. The largest absolute Gasteiger partial charge is 0.493 e. The molecular formula is C18H22ClNO3. The van der Waals surface area contributed by atoms with Gasteiger partial charge in [-0.05, 0) is 47.0 Å². The maximum atomic E-state index is 11.0. The Balaban J connectivity index is 2.17. The fraction of sp³-hybridized carbons (Fsp3) is 0.389. The molecule has 0 aliphatic rings. The standard InChI is InChI=1S/C18H22ClNO3/c1-13(21)20-7-6-15-11-16(19)10-14-4-5-17(12-18(14)15)23-9-3-8-22-2/h4-5,10-12H,3,6-9H2,1-2H3,(H,20,21). The number of carbonyl (C=O) groups is 1. The Kier molecular flexibility index (Phi) is 6.68. The maximum Gasteiger partial charge on any atom is 0.216 e. The Morgan fingerprint density at radius 1 is 1.22 bits per heavy atom. The first-order valence-electron chi connectivity index (χ1n) is 7.68. The Labute approximate surface area is 141 Å². The van der Waals surface area contributed by atoms with Crippen molar-refractivity contribution >= 4 is 28.3 Å². The lowest BCUT2D eigenvalue weighted by Gasteiger charge is -2.11. The van der Waals surface area contributed by atoms with Crippen LogP contribution in [0, 0.1) is 0 Å². The molecule has 23 heavy (non-hydrogen) atoms. The van der Waals surface area contributed by atoms with Crippen molar-refractivity contribution in [3.8, 4) is 5.75 Å². The van der Waals surface area contributed by atoms with Crippen molar-refractivity contribution in [3.05, 3.63) is 40.9 Å². The molecule has 0 fully saturated rings. The van der Waals surface area contributed by atoms with Gasteiger partial charge in [-0.1, -0.05) is 17.7 Å².